The van der Waals surface area contributed by atoms with E-state index in [0.29, 0.717) is 23.6 Å². The molecule has 1 unspecified atom stereocenters. The van der Waals surface area contributed by atoms with Crippen molar-refractivity contribution in [2.45, 2.75) is 13.0 Å². The minimum Gasteiger partial charge on any atom is -0.381 e. The maximum Gasteiger partial charge on any atom is 0.129 e. The summed E-state index contributed by atoms with van der Waals surface area (Å²) < 4.78 is 18.8. The molecule has 1 aromatic carbocycles. The number of nitrogens with one attached hydrogen (secondary N) is 1. The lowest BCUT2D eigenvalue weighted by Crippen LogP contribution is -2.23. The van der Waals surface area contributed by atoms with E-state index in [1.54, 1.807) is 12.1 Å². The first-order valence-corrected chi connectivity index (χ1v) is 5.76. The van der Waals surface area contributed by atoms with Crippen molar-refractivity contribution >= 4 is 0 Å². The molecule has 1 N–H and O–H groups in total. The Hall–Kier alpha value is -1.44. The highest BCUT2D eigenvalue weighted by Gasteiger charge is 2.14. The van der Waals surface area contributed by atoms with Crippen molar-refractivity contribution in [1.82, 2.24) is 5.32 Å². The van der Waals surface area contributed by atoms with Gasteiger partial charge in [-0.05, 0) is 24.5 Å². The fraction of sp³-hybridized carbons (Fsp3) is 0.462. The monoisotopic (exact) mass is 234 g/mol. The summed E-state index contributed by atoms with van der Waals surface area (Å²) in [6, 6.07) is 6.49. The van der Waals surface area contributed by atoms with Gasteiger partial charge in [-0.3, -0.25) is 0 Å². The van der Waals surface area contributed by atoms with Crippen molar-refractivity contribution in [3.63, 3.8) is 0 Å². The molecule has 2 rings (SSSR count). The van der Waals surface area contributed by atoms with Crippen LogP contribution in [0, 0.1) is 23.1 Å². The Kier molecular flexibility index (Phi) is 4.08. The van der Waals surface area contributed by atoms with Gasteiger partial charge in [0.05, 0.1) is 18.2 Å². The molecule has 1 fully saturated rings. The molecule has 1 atom stereocenters. The van der Waals surface area contributed by atoms with Gasteiger partial charge < -0.3 is 10.1 Å². The van der Waals surface area contributed by atoms with Crippen molar-refractivity contribution in [3.8, 4) is 6.07 Å². The molecular weight excluding hydrogens is 219 g/mol. The van der Waals surface area contributed by atoms with Crippen molar-refractivity contribution in [3.05, 3.63) is 35.1 Å². The molecule has 1 aliphatic rings. The molecule has 90 valence electrons. The number of hydrogen-bond donors (Lipinski definition) is 1. The summed E-state index contributed by atoms with van der Waals surface area (Å²) in [5, 5.41) is 11.8. The maximum atomic E-state index is 13.5. The first kappa shape index (κ1) is 12.0. The maximum absolute atomic E-state index is 13.5. The highest BCUT2D eigenvalue weighted by molar-refractivity contribution is 5.32. The Bertz CT molecular complexity index is 422. The molecule has 1 heterocycles. The number of nitrogens with zero attached hydrogens (tertiary/aromatic N) is 1. The van der Waals surface area contributed by atoms with Crippen LogP contribution >= 0.6 is 0 Å². The van der Waals surface area contributed by atoms with E-state index in [9.17, 15) is 4.39 Å². The lowest BCUT2D eigenvalue weighted by molar-refractivity contribution is 0.185. The summed E-state index contributed by atoms with van der Waals surface area (Å²) in [6.45, 7) is 2.97. The SMILES string of the molecule is N#Cc1ccc(CNCC2CCOC2)c(F)c1. The third-order valence-electron chi connectivity index (χ3n) is 2.95. The van der Waals surface area contributed by atoms with Crippen LogP contribution in [0.5, 0.6) is 0 Å². The van der Waals surface area contributed by atoms with E-state index < -0.39 is 0 Å². The van der Waals surface area contributed by atoms with Crippen molar-refractivity contribution in [2.24, 2.45) is 5.92 Å². The van der Waals surface area contributed by atoms with Gasteiger partial charge in [-0.15, -0.1) is 0 Å². The van der Waals surface area contributed by atoms with Crippen LogP contribution in [0.1, 0.15) is 17.5 Å². The molecule has 3 nitrogen and oxygen atoms in total. The minimum absolute atomic E-state index is 0.320. The van der Waals surface area contributed by atoms with E-state index >= 15 is 0 Å². The highest BCUT2D eigenvalue weighted by atomic mass is 19.1. The summed E-state index contributed by atoms with van der Waals surface area (Å²) in [4.78, 5) is 0. The smallest absolute Gasteiger partial charge is 0.129 e. The second-order valence-corrected chi connectivity index (χ2v) is 4.28. The first-order valence-electron chi connectivity index (χ1n) is 5.76. The minimum atomic E-state index is -0.320. The quantitative estimate of drug-likeness (QED) is 0.864. The predicted molar refractivity (Wildman–Crippen MR) is 61.7 cm³/mol. The molecule has 0 bridgehead atoms. The normalized spacial score (nSPS) is 19.2. The molecule has 0 saturated carbocycles. The fourth-order valence-corrected chi connectivity index (χ4v) is 1.92. The average Bonchev–Trinajstić information content (AvgIpc) is 2.84. The van der Waals surface area contributed by atoms with E-state index in [1.807, 2.05) is 6.07 Å². The molecule has 1 aliphatic heterocycles. The zero-order valence-corrected chi connectivity index (χ0v) is 9.58. The van der Waals surface area contributed by atoms with E-state index in [-0.39, 0.29) is 5.82 Å². The summed E-state index contributed by atoms with van der Waals surface area (Å²) >= 11 is 0. The zero-order valence-electron chi connectivity index (χ0n) is 9.58. The number of halogens is 1. The van der Waals surface area contributed by atoms with Gasteiger partial charge in [-0.1, -0.05) is 6.07 Å². The van der Waals surface area contributed by atoms with Crippen LogP contribution in [0.2, 0.25) is 0 Å². The van der Waals surface area contributed by atoms with Crippen LogP contribution < -0.4 is 5.32 Å². The van der Waals surface area contributed by atoms with E-state index in [4.69, 9.17) is 10.00 Å². The molecule has 4 heteroatoms. The van der Waals surface area contributed by atoms with Crippen LogP contribution in [0.4, 0.5) is 4.39 Å². The van der Waals surface area contributed by atoms with Gasteiger partial charge in [0, 0.05) is 25.3 Å². The summed E-state index contributed by atoms with van der Waals surface area (Å²) in [6.07, 6.45) is 1.07. The lowest BCUT2D eigenvalue weighted by atomic mass is 10.1. The second-order valence-electron chi connectivity index (χ2n) is 4.28. The van der Waals surface area contributed by atoms with Crippen LogP contribution in [-0.4, -0.2) is 19.8 Å². The summed E-state index contributed by atoms with van der Waals surface area (Å²) in [5.74, 6) is 0.218. The van der Waals surface area contributed by atoms with Gasteiger partial charge in [0.2, 0.25) is 0 Å². The Morgan fingerprint density at radius 2 is 2.41 bits per heavy atom. The van der Waals surface area contributed by atoms with Crippen LogP contribution in [0.25, 0.3) is 0 Å². The number of nitriles is 1. The molecule has 17 heavy (non-hydrogen) atoms. The third-order valence-corrected chi connectivity index (χ3v) is 2.95. The summed E-state index contributed by atoms with van der Waals surface area (Å²) in [7, 11) is 0. The number of ether oxygens (including phenoxy) is 1. The first-order chi connectivity index (χ1) is 8.29. The van der Waals surface area contributed by atoms with Crippen molar-refractivity contribution in [1.29, 1.82) is 5.26 Å². The van der Waals surface area contributed by atoms with Gasteiger partial charge in [-0.2, -0.15) is 5.26 Å². The number of hydrogen-bond acceptors (Lipinski definition) is 3. The van der Waals surface area contributed by atoms with Crippen LogP contribution in [-0.2, 0) is 11.3 Å². The zero-order chi connectivity index (χ0) is 12.1. The van der Waals surface area contributed by atoms with Crippen LogP contribution in [0.3, 0.4) is 0 Å². The Morgan fingerprint density at radius 3 is 3.06 bits per heavy atom. The van der Waals surface area contributed by atoms with Gasteiger partial charge in [0.25, 0.3) is 0 Å². The van der Waals surface area contributed by atoms with Gasteiger partial charge >= 0.3 is 0 Å². The van der Waals surface area contributed by atoms with E-state index in [2.05, 4.69) is 5.32 Å². The largest absolute Gasteiger partial charge is 0.381 e. The topological polar surface area (TPSA) is 45.0 Å². The molecule has 1 aromatic rings. The van der Waals surface area contributed by atoms with Crippen molar-refractivity contribution in [2.75, 3.05) is 19.8 Å². The fourth-order valence-electron chi connectivity index (χ4n) is 1.92. The summed E-state index contributed by atoms with van der Waals surface area (Å²) in [5.41, 5.74) is 0.957. The molecular formula is C13H15FN2O. The third kappa shape index (κ3) is 3.26. The predicted octanol–water partition coefficient (Wildman–Crippen LogP) is 1.82. The number of benzene rings is 1. The molecule has 0 aliphatic carbocycles. The number of rotatable bonds is 4. The Balaban J connectivity index is 1.84. The standard InChI is InChI=1S/C13H15FN2O/c14-13-5-10(6-15)1-2-12(13)8-16-7-11-3-4-17-9-11/h1-2,5,11,16H,3-4,7-9H2. The van der Waals surface area contributed by atoms with E-state index in [0.717, 1.165) is 26.2 Å². The average molecular weight is 234 g/mol. The molecule has 1 saturated heterocycles. The van der Waals surface area contributed by atoms with Crippen molar-refractivity contribution < 1.29 is 9.13 Å². The Morgan fingerprint density at radius 1 is 1.53 bits per heavy atom. The second kappa shape index (κ2) is 5.76. The molecule has 0 radical (unpaired) electrons. The molecule has 0 amide bonds. The Labute approximate surface area is 100 Å². The van der Waals surface area contributed by atoms with Gasteiger partial charge in [-0.25, -0.2) is 4.39 Å². The molecule has 0 aromatic heterocycles. The molecule has 0 spiro atoms. The van der Waals surface area contributed by atoms with E-state index in [1.165, 1.54) is 6.07 Å². The van der Waals surface area contributed by atoms with Crippen LogP contribution in [0.15, 0.2) is 18.2 Å². The van der Waals surface area contributed by atoms with Gasteiger partial charge in [0.1, 0.15) is 5.82 Å². The van der Waals surface area contributed by atoms with Gasteiger partial charge in [0.15, 0.2) is 0 Å². The highest BCUT2D eigenvalue weighted by Crippen LogP contribution is 2.12. The lowest BCUT2D eigenvalue weighted by Gasteiger charge is -2.09.